The Balaban J connectivity index is 2.14. The molecule has 0 aliphatic heterocycles. The summed E-state index contributed by atoms with van der Waals surface area (Å²) in [7, 11) is 0. The van der Waals surface area contributed by atoms with Crippen molar-refractivity contribution in [3.05, 3.63) is 29.8 Å². The first kappa shape index (κ1) is 11.4. The van der Waals surface area contributed by atoms with Crippen LogP contribution in [0.5, 0.6) is 5.75 Å². The van der Waals surface area contributed by atoms with Gasteiger partial charge in [0.2, 0.25) is 0 Å². The van der Waals surface area contributed by atoms with E-state index in [4.69, 9.17) is 10.5 Å². The zero-order valence-corrected chi connectivity index (χ0v) is 9.60. The van der Waals surface area contributed by atoms with E-state index in [-0.39, 0.29) is 18.2 Å². The van der Waals surface area contributed by atoms with Crippen LogP contribution in [0.25, 0.3) is 0 Å². The molecule has 88 valence electrons. The first-order valence-electron chi connectivity index (χ1n) is 5.87. The number of para-hydroxylation sites is 1. The molecule has 1 aliphatic carbocycles. The van der Waals surface area contributed by atoms with E-state index in [1.807, 2.05) is 31.2 Å². The molecule has 3 N–H and O–H groups in total. The molecule has 0 radical (unpaired) electrons. The number of rotatable bonds is 3. The topological polar surface area (TPSA) is 55.5 Å². The first-order valence-corrected chi connectivity index (χ1v) is 5.87. The van der Waals surface area contributed by atoms with E-state index in [9.17, 15) is 5.11 Å². The highest BCUT2D eigenvalue weighted by Gasteiger charge is 2.27. The number of nitrogens with two attached hydrogens (primary N) is 1. The van der Waals surface area contributed by atoms with E-state index in [2.05, 4.69) is 0 Å². The zero-order valence-electron chi connectivity index (χ0n) is 9.60. The van der Waals surface area contributed by atoms with E-state index in [1.54, 1.807) is 0 Å². The van der Waals surface area contributed by atoms with Gasteiger partial charge < -0.3 is 15.6 Å². The minimum absolute atomic E-state index is 0.0465. The lowest BCUT2D eigenvalue weighted by molar-refractivity contribution is 0.0596. The lowest BCUT2D eigenvalue weighted by Gasteiger charge is -2.20. The third-order valence-corrected chi connectivity index (χ3v) is 3.11. The molecule has 1 fully saturated rings. The molecule has 1 aromatic rings. The fourth-order valence-corrected chi connectivity index (χ4v) is 2.17. The molecule has 2 unspecified atom stereocenters. The SMILES string of the molecule is C[C@@H](N)c1ccccc1OC1CCCC1O. The lowest BCUT2D eigenvalue weighted by Crippen LogP contribution is -2.26. The van der Waals surface area contributed by atoms with E-state index >= 15 is 0 Å². The summed E-state index contributed by atoms with van der Waals surface area (Å²) in [6, 6.07) is 7.74. The van der Waals surface area contributed by atoms with Gasteiger partial charge in [0, 0.05) is 11.6 Å². The third-order valence-electron chi connectivity index (χ3n) is 3.11. The molecule has 0 heterocycles. The maximum absolute atomic E-state index is 9.72. The van der Waals surface area contributed by atoms with E-state index in [1.165, 1.54) is 0 Å². The van der Waals surface area contributed by atoms with Crippen molar-refractivity contribution in [1.82, 2.24) is 0 Å². The molecular formula is C13H19NO2. The Labute approximate surface area is 96.2 Å². The van der Waals surface area contributed by atoms with Gasteiger partial charge in [0.05, 0.1) is 6.10 Å². The van der Waals surface area contributed by atoms with Crippen molar-refractivity contribution in [2.75, 3.05) is 0 Å². The monoisotopic (exact) mass is 221 g/mol. The molecule has 0 aromatic heterocycles. The summed E-state index contributed by atoms with van der Waals surface area (Å²) >= 11 is 0. The minimum Gasteiger partial charge on any atom is -0.487 e. The summed E-state index contributed by atoms with van der Waals surface area (Å²) < 4.78 is 5.85. The molecule has 0 amide bonds. The van der Waals surface area contributed by atoms with Crippen LogP contribution >= 0.6 is 0 Å². The van der Waals surface area contributed by atoms with Gasteiger partial charge in [-0.1, -0.05) is 18.2 Å². The molecule has 16 heavy (non-hydrogen) atoms. The highest BCUT2D eigenvalue weighted by Crippen LogP contribution is 2.29. The Morgan fingerprint density at radius 2 is 2.12 bits per heavy atom. The lowest BCUT2D eigenvalue weighted by atomic mass is 10.1. The normalized spacial score (nSPS) is 26.7. The predicted molar refractivity (Wildman–Crippen MR) is 63.3 cm³/mol. The van der Waals surface area contributed by atoms with Crippen LogP contribution in [0.15, 0.2) is 24.3 Å². The maximum Gasteiger partial charge on any atom is 0.124 e. The van der Waals surface area contributed by atoms with Crippen LogP contribution < -0.4 is 10.5 Å². The van der Waals surface area contributed by atoms with Crippen molar-refractivity contribution in [1.29, 1.82) is 0 Å². The van der Waals surface area contributed by atoms with Crippen LogP contribution in [0.4, 0.5) is 0 Å². The zero-order chi connectivity index (χ0) is 11.5. The summed E-state index contributed by atoms with van der Waals surface area (Å²) in [6.07, 6.45) is 2.40. The van der Waals surface area contributed by atoms with E-state index in [0.717, 1.165) is 30.6 Å². The molecule has 1 aromatic carbocycles. The second-order valence-electron chi connectivity index (χ2n) is 4.48. The van der Waals surface area contributed by atoms with E-state index in [0.29, 0.717) is 0 Å². The second-order valence-corrected chi connectivity index (χ2v) is 4.48. The van der Waals surface area contributed by atoms with Crippen LogP contribution in [0.1, 0.15) is 37.8 Å². The largest absolute Gasteiger partial charge is 0.487 e. The third kappa shape index (κ3) is 2.36. The summed E-state index contributed by atoms with van der Waals surface area (Å²) in [4.78, 5) is 0. The average Bonchev–Trinajstić information content (AvgIpc) is 2.65. The second kappa shape index (κ2) is 4.85. The number of hydrogen-bond donors (Lipinski definition) is 2. The Hall–Kier alpha value is -1.06. The maximum atomic E-state index is 9.72. The standard InChI is InChI=1S/C13H19NO2/c1-9(14)10-5-2-3-7-12(10)16-13-8-4-6-11(13)15/h2-3,5,7,9,11,13,15H,4,6,8,14H2,1H3/t9-,11?,13?/m1/s1. The molecular weight excluding hydrogens is 202 g/mol. The minimum atomic E-state index is -0.332. The molecule has 0 spiro atoms. The first-order chi connectivity index (χ1) is 7.68. The van der Waals surface area contributed by atoms with Gasteiger partial charge >= 0.3 is 0 Å². The molecule has 2 rings (SSSR count). The van der Waals surface area contributed by atoms with Gasteiger partial charge in [-0.3, -0.25) is 0 Å². The van der Waals surface area contributed by atoms with Crippen LogP contribution in [-0.2, 0) is 0 Å². The van der Waals surface area contributed by atoms with Crippen LogP contribution in [0.2, 0.25) is 0 Å². The highest BCUT2D eigenvalue weighted by molar-refractivity contribution is 5.35. The van der Waals surface area contributed by atoms with Crippen LogP contribution in [0, 0.1) is 0 Å². The van der Waals surface area contributed by atoms with Crippen molar-refractivity contribution < 1.29 is 9.84 Å². The molecule has 3 heteroatoms. The molecule has 3 atom stereocenters. The van der Waals surface area contributed by atoms with Gasteiger partial charge in [0.15, 0.2) is 0 Å². The van der Waals surface area contributed by atoms with Crippen molar-refractivity contribution in [2.45, 2.75) is 44.4 Å². The van der Waals surface area contributed by atoms with Gasteiger partial charge in [-0.15, -0.1) is 0 Å². The van der Waals surface area contributed by atoms with Gasteiger partial charge in [-0.2, -0.15) is 0 Å². The molecule has 3 nitrogen and oxygen atoms in total. The van der Waals surface area contributed by atoms with E-state index < -0.39 is 0 Å². The average molecular weight is 221 g/mol. The quantitative estimate of drug-likeness (QED) is 0.820. The Bertz CT molecular complexity index is 352. The summed E-state index contributed by atoms with van der Waals surface area (Å²) in [5, 5.41) is 9.72. The van der Waals surface area contributed by atoms with Crippen molar-refractivity contribution in [3.8, 4) is 5.75 Å². The van der Waals surface area contributed by atoms with Crippen LogP contribution in [-0.4, -0.2) is 17.3 Å². The van der Waals surface area contributed by atoms with Gasteiger partial charge in [0.1, 0.15) is 11.9 Å². The Morgan fingerprint density at radius 1 is 1.38 bits per heavy atom. The number of benzene rings is 1. The Morgan fingerprint density at radius 3 is 2.75 bits per heavy atom. The molecule has 1 saturated carbocycles. The molecule has 1 aliphatic rings. The van der Waals surface area contributed by atoms with Crippen molar-refractivity contribution in [3.63, 3.8) is 0 Å². The molecule has 0 bridgehead atoms. The van der Waals surface area contributed by atoms with Crippen molar-refractivity contribution in [2.24, 2.45) is 5.73 Å². The fraction of sp³-hybridized carbons (Fsp3) is 0.538. The Kier molecular flexibility index (Phi) is 3.46. The number of aliphatic hydroxyl groups excluding tert-OH is 1. The van der Waals surface area contributed by atoms with Gasteiger partial charge in [-0.25, -0.2) is 0 Å². The molecule has 0 saturated heterocycles. The number of aliphatic hydroxyl groups is 1. The summed E-state index contributed by atoms with van der Waals surface area (Å²) in [5.41, 5.74) is 6.88. The van der Waals surface area contributed by atoms with Gasteiger partial charge in [-0.05, 0) is 32.3 Å². The summed E-state index contributed by atoms with van der Waals surface area (Å²) in [6.45, 7) is 1.94. The van der Waals surface area contributed by atoms with Gasteiger partial charge in [0.25, 0.3) is 0 Å². The number of hydrogen-bond acceptors (Lipinski definition) is 3. The number of ether oxygens (including phenoxy) is 1. The fourth-order valence-electron chi connectivity index (χ4n) is 2.17. The highest BCUT2D eigenvalue weighted by atomic mass is 16.5. The van der Waals surface area contributed by atoms with Crippen LogP contribution in [0.3, 0.4) is 0 Å². The summed E-state index contributed by atoms with van der Waals surface area (Å²) in [5.74, 6) is 0.809. The predicted octanol–water partition coefficient (Wildman–Crippen LogP) is 2.00. The van der Waals surface area contributed by atoms with Crippen molar-refractivity contribution >= 4 is 0 Å². The smallest absolute Gasteiger partial charge is 0.124 e.